The van der Waals surface area contributed by atoms with Gasteiger partial charge in [-0.1, -0.05) is 6.92 Å². The Morgan fingerprint density at radius 2 is 2.11 bits per heavy atom. The molecule has 104 valence electrons. The number of carboxylic acid groups (broad SMARTS) is 1. The molecular weight excluding hydrogens is 317 g/mol. The summed E-state index contributed by atoms with van der Waals surface area (Å²) in [5, 5.41) is 8.86. The van der Waals surface area contributed by atoms with Crippen molar-refractivity contribution in [2.24, 2.45) is 0 Å². The number of hydrogen-bond donors (Lipinski definition) is 1. The van der Waals surface area contributed by atoms with Gasteiger partial charge in [0.25, 0.3) is 5.91 Å². The van der Waals surface area contributed by atoms with Crippen LogP contribution >= 0.6 is 15.9 Å². The quantitative estimate of drug-likeness (QED) is 0.902. The normalized spacial score (nSPS) is 12.0. The second kappa shape index (κ2) is 6.65. The SMILES string of the molecule is CCC(C)N(CC(=O)O)C(=O)c1ccc(F)c(Br)c1. The maximum atomic E-state index is 13.1. The van der Waals surface area contributed by atoms with Crippen molar-refractivity contribution in [3.05, 3.63) is 34.1 Å². The lowest BCUT2D eigenvalue weighted by atomic mass is 10.1. The molecule has 0 radical (unpaired) electrons. The summed E-state index contributed by atoms with van der Waals surface area (Å²) >= 11 is 3.01. The van der Waals surface area contributed by atoms with E-state index in [0.717, 1.165) is 0 Å². The zero-order valence-electron chi connectivity index (χ0n) is 10.7. The third kappa shape index (κ3) is 4.02. The largest absolute Gasteiger partial charge is 0.480 e. The van der Waals surface area contributed by atoms with E-state index in [1.54, 1.807) is 6.92 Å². The second-order valence-corrected chi connectivity index (χ2v) is 5.07. The smallest absolute Gasteiger partial charge is 0.323 e. The predicted octanol–water partition coefficient (Wildman–Crippen LogP) is 2.91. The van der Waals surface area contributed by atoms with E-state index in [1.807, 2.05) is 6.92 Å². The van der Waals surface area contributed by atoms with Crippen LogP contribution in [0.2, 0.25) is 0 Å². The van der Waals surface area contributed by atoms with Crippen molar-refractivity contribution in [1.29, 1.82) is 0 Å². The number of aliphatic carboxylic acids is 1. The summed E-state index contributed by atoms with van der Waals surface area (Å²) in [4.78, 5) is 24.4. The first-order chi connectivity index (χ1) is 8.86. The van der Waals surface area contributed by atoms with Crippen molar-refractivity contribution in [3.8, 4) is 0 Å². The fourth-order valence-corrected chi connectivity index (χ4v) is 1.97. The molecule has 1 unspecified atom stereocenters. The van der Waals surface area contributed by atoms with Crippen molar-refractivity contribution >= 4 is 27.8 Å². The van der Waals surface area contributed by atoms with E-state index in [9.17, 15) is 14.0 Å². The molecule has 0 saturated carbocycles. The highest BCUT2D eigenvalue weighted by molar-refractivity contribution is 9.10. The summed E-state index contributed by atoms with van der Waals surface area (Å²) < 4.78 is 13.3. The molecule has 0 aliphatic rings. The Labute approximate surface area is 119 Å². The van der Waals surface area contributed by atoms with Gasteiger partial charge in [0, 0.05) is 11.6 Å². The van der Waals surface area contributed by atoms with Crippen LogP contribution in [0.25, 0.3) is 0 Å². The van der Waals surface area contributed by atoms with Gasteiger partial charge in [-0.15, -0.1) is 0 Å². The molecule has 4 nitrogen and oxygen atoms in total. The first kappa shape index (κ1) is 15.6. The van der Waals surface area contributed by atoms with Gasteiger partial charge in [-0.25, -0.2) is 4.39 Å². The molecule has 0 fully saturated rings. The van der Waals surface area contributed by atoms with Crippen LogP contribution in [-0.4, -0.2) is 34.5 Å². The molecule has 1 rings (SSSR count). The van der Waals surface area contributed by atoms with Gasteiger partial charge in [-0.05, 0) is 47.5 Å². The molecule has 0 heterocycles. The van der Waals surface area contributed by atoms with Crippen molar-refractivity contribution in [2.75, 3.05) is 6.54 Å². The third-order valence-electron chi connectivity index (χ3n) is 2.86. The van der Waals surface area contributed by atoms with Gasteiger partial charge in [0.2, 0.25) is 0 Å². The molecule has 1 aromatic rings. The second-order valence-electron chi connectivity index (χ2n) is 4.21. The fraction of sp³-hybridized carbons (Fsp3) is 0.385. The highest BCUT2D eigenvalue weighted by Gasteiger charge is 2.23. The zero-order chi connectivity index (χ0) is 14.6. The van der Waals surface area contributed by atoms with Crippen LogP contribution < -0.4 is 0 Å². The van der Waals surface area contributed by atoms with Crippen LogP contribution in [0.1, 0.15) is 30.6 Å². The van der Waals surface area contributed by atoms with Crippen molar-refractivity contribution in [1.82, 2.24) is 4.90 Å². The Bertz CT molecular complexity index is 493. The van der Waals surface area contributed by atoms with Crippen LogP contribution in [0.3, 0.4) is 0 Å². The maximum absolute atomic E-state index is 13.1. The Morgan fingerprint density at radius 3 is 2.58 bits per heavy atom. The van der Waals surface area contributed by atoms with Gasteiger partial charge in [-0.3, -0.25) is 9.59 Å². The molecule has 1 N–H and O–H groups in total. The Kier molecular flexibility index (Phi) is 5.47. The summed E-state index contributed by atoms with van der Waals surface area (Å²) in [6.45, 7) is 3.27. The van der Waals surface area contributed by atoms with Crippen LogP contribution in [-0.2, 0) is 4.79 Å². The lowest BCUT2D eigenvalue weighted by Crippen LogP contribution is -2.41. The number of amides is 1. The van der Waals surface area contributed by atoms with Crippen LogP contribution in [0.5, 0.6) is 0 Å². The van der Waals surface area contributed by atoms with Crippen LogP contribution in [0, 0.1) is 5.82 Å². The van der Waals surface area contributed by atoms with Gasteiger partial charge in [0.1, 0.15) is 12.4 Å². The van der Waals surface area contributed by atoms with Gasteiger partial charge in [0.05, 0.1) is 4.47 Å². The number of rotatable bonds is 5. The molecule has 19 heavy (non-hydrogen) atoms. The molecule has 0 spiro atoms. The van der Waals surface area contributed by atoms with Crippen LogP contribution in [0.15, 0.2) is 22.7 Å². The topological polar surface area (TPSA) is 57.6 Å². The van der Waals surface area contributed by atoms with E-state index in [1.165, 1.54) is 23.1 Å². The first-order valence-corrected chi connectivity index (χ1v) is 6.64. The van der Waals surface area contributed by atoms with Gasteiger partial charge >= 0.3 is 5.97 Å². The van der Waals surface area contributed by atoms with Crippen molar-refractivity contribution < 1.29 is 19.1 Å². The summed E-state index contributed by atoms with van der Waals surface area (Å²) in [5.74, 6) is -1.96. The predicted molar refractivity (Wildman–Crippen MR) is 72.5 cm³/mol. The van der Waals surface area contributed by atoms with Gasteiger partial charge in [0.15, 0.2) is 0 Å². The fourth-order valence-electron chi connectivity index (χ4n) is 1.59. The Hall–Kier alpha value is -1.43. The average molecular weight is 332 g/mol. The molecule has 6 heteroatoms. The Balaban J connectivity index is 3.04. The van der Waals surface area contributed by atoms with E-state index in [0.29, 0.717) is 6.42 Å². The van der Waals surface area contributed by atoms with E-state index in [2.05, 4.69) is 15.9 Å². The van der Waals surface area contributed by atoms with E-state index in [4.69, 9.17) is 5.11 Å². The monoisotopic (exact) mass is 331 g/mol. The molecule has 1 amide bonds. The average Bonchev–Trinajstić information content (AvgIpc) is 2.37. The minimum absolute atomic E-state index is 0.178. The lowest BCUT2D eigenvalue weighted by Gasteiger charge is -2.27. The van der Waals surface area contributed by atoms with Gasteiger partial charge < -0.3 is 10.0 Å². The number of hydrogen-bond acceptors (Lipinski definition) is 2. The molecule has 0 saturated heterocycles. The summed E-state index contributed by atoms with van der Waals surface area (Å²) in [5.41, 5.74) is 0.259. The molecule has 0 aliphatic carbocycles. The number of carbonyl (C=O) groups excluding carboxylic acids is 1. The van der Waals surface area contributed by atoms with E-state index in [-0.39, 0.29) is 22.6 Å². The Morgan fingerprint density at radius 1 is 1.47 bits per heavy atom. The van der Waals surface area contributed by atoms with Crippen molar-refractivity contribution in [2.45, 2.75) is 26.3 Å². The number of nitrogens with zero attached hydrogens (tertiary/aromatic N) is 1. The highest BCUT2D eigenvalue weighted by Crippen LogP contribution is 2.19. The lowest BCUT2D eigenvalue weighted by molar-refractivity contribution is -0.138. The van der Waals surface area contributed by atoms with Gasteiger partial charge in [-0.2, -0.15) is 0 Å². The minimum atomic E-state index is -1.07. The number of carbonyl (C=O) groups is 2. The molecule has 0 aliphatic heterocycles. The standard InChI is InChI=1S/C13H15BrFNO3/c1-3-8(2)16(7-12(17)18)13(19)9-4-5-11(15)10(14)6-9/h4-6,8H,3,7H2,1-2H3,(H,17,18). The first-order valence-electron chi connectivity index (χ1n) is 5.84. The molecule has 0 aromatic heterocycles. The highest BCUT2D eigenvalue weighted by atomic mass is 79.9. The number of carboxylic acids is 1. The molecular formula is C13H15BrFNO3. The molecule has 1 atom stereocenters. The summed E-state index contributed by atoms with van der Waals surface area (Å²) in [6, 6.07) is 3.67. The van der Waals surface area contributed by atoms with Crippen molar-refractivity contribution in [3.63, 3.8) is 0 Å². The van der Waals surface area contributed by atoms with E-state index >= 15 is 0 Å². The number of halogens is 2. The molecule has 1 aromatic carbocycles. The van der Waals surface area contributed by atoms with Crippen LogP contribution in [0.4, 0.5) is 4.39 Å². The molecule has 0 bridgehead atoms. The maximum Gasteiger partial charge on any atom is 0.323 e. The summed E-state index contributed by atoms with van der Waals surface area (Å²) in [6.07, 6.45) is 0.640. The number of benzene rings is 1. The minimum Gasteiger partial charge on any atom is -0.480 e. The zero-order valence-corrected chi connectivity index (χ0v) is 12.3. The van der Waals surface area contributed by atoms with E-state index < -0.39 is 17.7 Å². The third-order valence-corrected chi connectivity index (χ3v) is 3.46. The summed E-state index contributed by atoms with van der Waals surface area (Å²) in [7, 11) is 0.